The van der Waals surface area contributed by atoms with E-state index in [1.807, 2.05) is 0 Å². The fraction of sp³-hybridized carbons (Fsp3) is 0.571. The second kappa shape index (κ2) is 5.68. The first-order valence-corrected chi connectivity index (χ1v) is 6.87. The van der Waals surface area contributed by atoms with Crippen LogP contribution in [0.15, 0.2) is 24.3 Å². The van der Waals surface area contributed by atoms with Crippen LogP contribution in [-0.2, 0) is 0 Å². The molecule has 0 radical (unpaired) electrons. The van der Waals surface area contributed by atoms with Crippen molar-refractivity contribution in [2.24, 2.45) is 5.92 Å². The van der Waals surface area contributed by atoms with E-state index in [9.17, 15) is 0 Å². The van der Waals surface area contributed by atoms with E-state index >= 15 is 0 Å². The Morgan fingerprint density at radius 1 is 1.12 bits per heavy atom. The molecular formula is C14H21OP. The number of rotatable bonds is 3. The van der Waals surface area contributed by atoms with Gasteiger partial charge in [0.15, 0.2) is 0 Å². The van der Waals surface area contributed by atoms with Crippen molar-refractivity contribution in [3.63, 3.8) is 0 Å². The lowest BCUT2D eigenvalue weighted by Gasteiger charge is -2.27. The van der Waals surface area contributed by atoms with Gasteiger partial charge < -0.3 is 4.74 Å². The molecule has 2 rings (SSSR count). The molecule has 1 saturated carbocycles. The molecule has 0 spiro atoms. The van der Waals surface area contributed by atoms with Gasteiger partial charge in [0.2, 0.25) is 0 Å². The van der Waals surface area contributed by atoms with Crippen LogP contribution in [0.3, 0.4) is 0 Å². The summed E-state index contributed by atoms with van der Waals surface area (Å²) < 4.78 is 5.19. The van der Waals surface area contributed by atoms with Crippen molar-refractivity contribution in [1.29, 1.82) is 0 Å². The Labute approximate surface area is 101 Å². The van der Waals surface area contributed by atoms with E-state index in [0.29, 0.717) is 5.66 Å². The second-order valence-electron chi connectivity index (χ2n) is 4.70. The van der Waals surface area contributed by atoms with E-state index in [1.54, 1.807) is 7.11 Å². The number of hydrogen-bond donors (Lipinski definition) is 0. The van der Waals surface area contributed by atoms with E-state index in [2.05, 4.69) is 33.5 Å². The third-order valence-corrected chi connectivity index (χ3v) is 4.59. The smallest absolute Gasteiger partial charge is 0.118 e. The molecule has 16 heavy (non-hydrogen) atoms. The summed E-state index contributed by atoms with van der Waals surface area (Å²) in [4.78, 5) is 0. The summed E-state index contributed by atoms with van der Waals surface area (Å²) >= 11 is 0. The van der Waals surface area contributed by atoms with Crippen LogP contribution >= 0.6 is 9.24 Å². The number of hydrogen-bond acceptors (Lipinski definition) is 1. The summed E-state index contributed by atoms with van der Waals surface area (Å²) in [7, 11) is 4.75. The van der Waals surface area contributed by atoms with E-state index in [4.69, 9.17) is 4.74 Å². The standard InChI is InChI=1S/C14H21OP/c1-15-13-9-7-12(8-10-13)14(16)11-5-3-2-4-6-11/h7-11,14H,2-6,16H2,1H3. The van der Waals surface area contributed by atoms with Crippen LogP contribution < -0.4 is 4.74 Å². The predicted octanol–water partition coefficient (Wildman–Crippen LogP) is 4.19. The molecule has 1 aromatic rings. The molecule has 1 aliphatic rings. The largest absolute Gasteiger partial charge is 0.497 e. The molecule has 0 aliphatic heterocycles. The Kier molecular flexibility index (Phi) is 4.23. The van der Waals surface area contributed by atoms with E-state index in [0.717, 1.165) is 11.7 Å². The zero-order chi connectivity index (χ0) is 11.4. The summed E-state index contributed by atoms with van der Waals surface area (Å²) in [6.07, 6.45) is 7.02. The van der Waals surface area contributed by atoms with Gasteiger partial charge in [-0.15, -0.1) is 9.24 Å². The SMILES string of the molecule is COc1ccc(C(P)C2CCCCC2)cc1. The van der Waals surface area contributed by atoms with E-state index in [-0.39, 0.29) is 0 Å². The van der Waals surface area contributed by atoms with Crippen LogP contribution in [-0.4, -0.2) is 7.11 Å². The van der Waals surface area contributed by atoms with Crippen LogP contribution in [0.5, 0.6) is 5.75 Å². The van der Waals surface area contributed by atoms with E-state index in [1.165, 1.54) is 37.7 Å². The average Bonchev–Trinajstić information content (AvgIpc) is 2.39. The van der Waals surface area contributed by atoms with Gasteiger partial charge in [-0.1, -0.05) is 31.4 Å². The van der Waals surface area contributed by atoms with Gasteiger partial charge in [0, 0.05) is 5.66 Å². The molecule has 0 amide bonds. The van der Waals surface area contributed by atoms with Crippen molar-refractivity contribution in [3.05, 3.63) is 29.8 Å². The molecule has 2 heteroatoms. The van der Waals surface area contributed by atoms with Gasteiger partial charge in [0.05, 0.1) is 7.11 Å². The van der Waals surface area contributed by atoms with Crippen molar-refractivity contribution >= 4 is 9.24 Å². The Bertz CT molecular complexity index is 314. The van der Waals surface area contributed by atoms with Crippen LogP contribution in [0.2, 0.25) is 0 Å². The molecule has 1 aliphatic carbocycles. The monoisotopic (exact) mass is 236 g/mol. The van der Waals surface area contributed by atoms with Gasteiger partial charge in [-0.3, -0.25) is 0 Å². The maximum Gasteiger partial charge on any atom is 0.118 e. The Hall–Kier alpha value is -0.550. The fourth-order valence-corrected chi connectivity index (χ4v) is 3.20. The first-order valence-electron chi connectivity index (χ1n) is 6.21. The molecule has 1 aromatic carbocycles. The Balaban J connectivity index is 2.04. The molecule has 0 saturated heterocycles. The van der Waals surface area contributed by atoms with Crippen LogP contribution in [0.1, 0.15) is 43.3 Å². The van der Waals surface area contributed by atoms with Crippen molar-refractivity contribution in [1.82, 2.24) is 0 Å². The minimum atomic E-state index is 0.617. The van der Waals surface area contributed by atoms with Crippen LogP contribution in [0.4, 0.5) is 0 Å². The molecule has 1 fully saturated rings. The molecule has 88 valence electrons. The highest BCUT2D eigenvalue weighted by Crippen LogP contribution is 2.40. The first-order chi connectivity index (χ1) is 7.81. The minimum Gasteiger partial charge on any atom is -0.497 e. The lowest BCUT2D eigenvalue weighted by atomic mass is 9.84. The van der Waals surface area contributed by atoms with Crippen molar-refractivity contribution in [2.75, 3.05) is 7.11 Å². The third-order valence-electron chi connectivity index (χ3n) is 3.66. The highest BCUT2D eigenvalue weighted by Gasteiger charge is 2.21. The summed E-state index contributed by atoms with van der Waals surface area (Å²) in [5, 5.41) is 0. The molecule has 2 atom stereocenters. The van der Waals surface area contributed by atoms with Crippen LogP contribution in [0, 0.1) is 5.92 Å². The zero-order valence-electron chi connectivity index (χ0n) is 9.99. The molecule has 0 N–H and O–H groups in total. The highest BCUT2D eigenvalue weighted by molar-refractivity contribution is 7.17. The van der Waals surface area contributed by atoms with Gasteiger partial charge in [-0.25, -0.2) is 0 Å². The number of benzene rings is 1. The first kappa shape index (κ1) is 11.9. The lowest BCUT2D eigenvalue weighted by Crippen LogP contribution is -2.11. The topological polar surface area (TPSA) is 9.23 Å². The molecular weight excluding hydrogens is 215 g/mol. The summed E-state index contributed by atoms with van der Waals surface area (Å²) in [5.41, 5.74) is 2.05. The Morgan fingerprint density at radius 2 is 1.75 bits per heavy atom. The lowest BCUT2D eigenvalue weighted by molar-refractivity contribution is 0.351. The molecule has 0 bridgehead atoms. The number of ether oxygens (including phenoxy) is 1. The number of methoxy groups -OCH3 is 1. The van der Waals surface area contributed by atoms with Crippen molar-refractivity contribution in [3.8, 4) is 5.75 Å². The average molecular weight is 236 g/mol. The molecule has 0 aromatic heterocycles. The quantitative estimate of drug-likeness (QED) is 0.715. The molecule has 0 heterocycles. The summed E-state index contributed by atoms with van der Waals surface area (Å²) in [5.74, 6) is 1.80. The summed E-state index contributed by atoms with van der Waals surface area (Å²) in [6, 6.07) is 8.53. The van der Waals surface area contributed by atoms with Crippen LogP contribution in [0.25, 0.3) is 0 Å². The van der Waals surface area contributed by atoms with Crippen molar-refractivity contribution in [2.45, 2.75) is 37.8 Å². The van der Waals surface area contributed by atoms with Crippen molar-refractivity contribution < 1.29 is 4.74 Å². The minimum absolute atomic E-state index is 0.617. The third kappa shape index (κ3) is 2.77. The van der Waals surface area contributed by atoms with E-state index < -0.39 is 0 Å². The van der Waals surface area contributed by atoms with Gasteiger partial charge >= 0.3 is 0 Å². The van der Waals surface area contributed by atoms with Gasteiger partial charge in [0.1, 0.15) is 5.75 Å². The Morgan fingerprint density at radius 3 is 2.31 bits per heavy atom. The normalized spacial score (nSPS) is 19.4. The van der Waals surface area contributed by atoms with Gasteiger partial charge in [0.25, 0.3) is 0 Å². The predicted molar refractivity (Wildman–Crippen MR) is 72.0 cm³/mol. The second-order valence-corrected chi connectivity index (χ2v) is 5.42. The molecule has 2 unspecified atom stereocenters. The molecule has 1 nitrogen and oxygen atoms in total. The fourth-order valence-electron chi connectivity index (χ4n) is 2.59. The van der Waals surface area contributed by atoms with Gasteiger partial charge in [-0.2, -0.15) is 0 Å². The summed E-state index contributed by atoms with van der Waals surface area (Å²) in [6.45, 7) is 0. The maximum atomic E-state index is 5.19. The zero-order valence-corrected chi connectivity index (χ0v) is 11.1. The van der Waals surface area contributed by atoms with Gasteiger partial charge in [-0.05, 0) is 36.5 Å². The highest BCUT2D eigenvalue weighted by atomic mass is 31.0. The maximum absolute atomic E-state index is 5.19.